The molecule has 2 aromatic rings. The van der Waals surface area contributed by atoms with E-state index < -0.39 is 0 Å². The Morgan fingerprint density at radius 2 is 1.59 bits per heavy atom. The van der Waals surface area contributed by atoms with Gasteiger partial charge in [0.25, 0.3) is 5.91 Å². The fourth-order valence-corrected chi connectivity index (χ4v) is 7.00. The maximum Gasteiger partial charge on any atom is 0.253 e. The monoisotopic (exact) mass is 460 g/mol. The lowest BCUT2D eigenvalue weighted by Gasteiger charge is -2.55. The molecular weight excluding hydrogens is 424 g/mol. The first-order valence-corrected chi connectivity index (χ1v) is 12.8. The van der Waals surface area contributed by atoms with E-state index in [-0.39, 0.29) is 17.2 Å². The van der Waals surface area contributed by atoms with Gasteiger partial charge in [0, 0.05) is 36.7 Å². The van der Waals surface area contributed by atoms with E-state index in [1.807, 2.05) is 62.5 Å². The quantitative estimate of drug-likeness (QED) is 0.590. The van der Waals surface area contributed by atoms with Crippen LogP contribution in [0.25, 0.3) is 0 Å². The number of benzene rings is 2. The zero-order chi connectivity index (χ0) is 23.7. The Balaban J connectivity index is 1.17. The van der Waals surface area contributed by atoms with Crippen LogP contribution in [0, 0.1) is 23.2 Å². The van der Waals surface area contributed by atoms with Crippen molar-refractivity contribution >= 4 is 11.8 Å². The topological polar surface area (TPSA) is 58.6 Å². The minimum Gasteiger partial charge on any atom is -0.494 e. The first-order valence-electron chi connectivity index (χ1n) is 12.8. The van der Waals surface area contributed by atoms with Crippen LogP contribution < -0.4 is 10.1 Å². The molecule has 6 rings (SSSR count). The van der Waals surface area contributed by atoms with Gasteiger partial charge in [0.2, 0.25) is 5.91 Å². The van der Waals surface area contributed by atoms with Crippen LogP contribution in [0.3, 0.4) is 0 Å². The molecule has 2 amide bonds. The lowest BCUT2D eigenvalue weighted by atomic mass is 9.49. The summed E-state index contributed by atoms with van der Waals surface area (Å²) in [6, 6.07) is 15.5. The van der Waals surface area contributed by atoms with Gasteiger partial charge in [-0.25, -0.2) is 0 Å². The van der Waals surface area contributed by atoms with Gasteiger partial charge in [-0.15, -0.1) is 0 Å². The molecule has 0 aromatic heterocycles. The predicted octanol–water partition coefficient (Wildman–Crippen LogP) is 5.19. The van der Waals surface area contributed by atoms with Crippen LogP contribution in [0.4, 0.5) is 0 Å². The maximum absolute atomic E-state index is 13.2. The molecule has 180 valence electrons. The number of hydrogen-bond acceptors (Lipinski definition) is 3. The largest absolute Gasteiger partial charge is 0.494 e. The molecule has 0 saturated heterocycles. The summed E-state index contributed by atoms with van der Waals surface area (Å²) in [6.07, 6.45) is 7.26. The molecule has 5 nitrogen and oxygen atoms in total. The van der Waals surface area contributed by atoms with E-state index in [9.17, 15) is 9.59 Å². The molecule has 0 atom stereocenters. The third kappa shape index (κ3) is 4.57. The summed E-state index contributed by atoms with van der Waals surface area (Å²) in [6.45, 7) is 3.55. The van der Waals surface area contributed by atoms with Crippen LogP contribution in [0.1, 0.15) is 66.9 Å². The van der Waals surface area contributed by atoms with Crippen molar-refractivity contribution in [1.29, 1.82) is 0 Å². The van der Waals surface area contributed by atoms with Gasteiger partial charge < -0.3 is 15.0 Å². The highest BCUT2D eigenvalue weighted by Crippen LogP contribution is 2.60. The van der Waals surface area contributed by atoms with Crippen LogP contribution in [0.5, 0.6) is 5.75 Å². The van der Waals surface area contributed by atoms with Crippen molar-refractivity contribution in [2.75, 3.05) is 13.7 Å². The van der Waals surface area contributed by atoms with E-state index >= 15 is 0 Å². The molecule has 4 bridgehead atoms. The van der Waals surface area contributed by atoms with Crippen molar-refractivity contribution in [1.82, 2.24) is 10.2 Å². The van der Waals surface area contributed by atoms with E-state index in [1.54, 1.807) is 4.90 Å². The molecule has 0 heterocycles. The Hall–Kier alpha value is -2.82. The number of nitrogens with one attached hydrogen (secondary N) is 1. The Bertz CT molecular complexity index is 1010. The zero-order valence-electron chi connectivity index (χ0n) is 20.4. The maximum atomic E-state index is 13.2. The average molecular weight is 461 g/mol. The summed E-state index contributed by atoms with van der Waals surface area (Å²) in [7, 11) is 1.81. The van der Waals surface area contributed by atoms with Crippen molar-refractivity contribution in [2.24, 2.45) is 23.2 Å². The summed E-state index contributed by atoms with van der Waals surface area (Å²) in [5.74, 6) is 3.32. The molecule has 4 aliphatic rings. The second-order valence-electron chi connectivity index (χ2n) is 10.8. The Morgan fingerprint density at radius 3 is 2.21 bits per heavy atom. The SMILES string of the molecule is CCOc1ccccc1CN(C)C(=O)c1ccc(CNC(=O)C23CC4CC(CC(C4)C2)C3)cc1. The lowest BCUT2D eigenvalue weighted by molar-refractivity contribution is -0.146. The van der Waals surface area contributed by atoms with E-state index in [0.29, 0.717) is 25.3 Å². The van der Waals surface area contributed by atoms with E-state index in [4.69, 9.17) is 4.74 Å². The number of ether oxygens (including phenoxy) is 1. The van der Waals surface area contributed by atoms with Gasteiger partial charge >= 0.3 is 0 Å². The summed E-state index contributed by atoms with van der Waals surface area (Å²) < 4.78 is 5.69. The van der Waals surface area contributed by atoms with E-state index in [2.05, 4.69) is 5.32 Å². The standard InChI is InChI=1S/C29H36N2O3/c1-3-34-26-7-5-4-6-25(26)19-31(2)27(32)24-10-8-20(9-11-24)18-30-28(33)29-15-21-12-22(16-29)14-23(13-21)17-29/h4-11,21-23H,3,12-19H2,1-2H3,(H,30,33). The van der Waals surface area contributed by atoms with Crippen molar-refractivity contribution < 1.29 is 14.3 Å². The number of hydrogen-bond donors (Lipinski definition) is 1. The second-order valence-corrected chi connectivity index (χ2v) is 10.8. The van der Waals surface area contributed by atoms with Gasteiger partial charge in [-0.1, -0.05) is 30.3 Å². The first kappa shape index (κ1) is 22.9. The molecular formula is C29H36N2O3. The molecule has 0 radical (unpaired) electrons. The predicted molar refractivity (Wildman–Crippen MR) is 132 cm³/mol. The number of rotatable bonds is 8. The molecule has 0 aliphatic heterocycles. The highest BCUT2D eigenvalue weighted by molar-refractivity contribution is 5.94. The third-order valence-corrected chi connectivity index (χ3v) is 8.20. The highest BCUT2D eigenvalue weighted by atomic mass is 16.5. The molecule has 4 saturated carbocycles. The molecule has 1 N–H and O–H groups in total. The molecule has 4 fully saturated rings. The zero-order valence-corrected chi connectivity index (χ0v) is 20.4. The Morgan fingerprint density at radius 1 is 0.971 bits per heavy atom. The lowest BCUT2D eigenvalue weighted by Crippen LogP contribution is -2.53. The average Bonchev–Trinajstić information content (AvgIpc) is 2.83. The van der Waals surface area contributed by atoms with E-state index in [1.165, 1.54) is 19.3 Å². The smallest absolute Gasteiger partial charge is 0.253 e. The van der Waals surface area contributed by atoms with Gasteiger partial charge in [0.1, 0.15) is 5.75 Å². The van der Waals surface area contributed by atoms with Crippen LogP contribution in [-0.4, -0.2) is 30.4 Å². The second kappa shape index (κ2) is 9.44. The number of amides is 2. The van der Waals surface area contributed by atoms with Gasteiger partial charge in [0.05, 0.1) is 6.61 Å². The summed E-state index contributed by atoms with van der Waals surface area (Å²) in [5, 5.41) is 3.23. The first-order chi connectivity index (χ1) is 16.5. The number of carbonyl (C=O) groups is 2. The van der Waals surface area contributed by atoms with Gasteiger partial charge in [-0.2, -0.15) is 0 Å². The molecule has 0 spiro atoms. The summed E-state index contributed by atoms with van der Waals surface area (Å²) >= 11 is 0. The van der Waals surface area contributed by atoms with E-state index in [0.717, 1.165) is 53.9 Å². The number of nitrogens with zero attached hydrogens (tertiary/aromatic N) is 1. The van der Waals surface area contributed by atoms with Crippen molar-refractivity contribution in [3.8, 4) is 5.75 Å². The fourth-order valence-electron chi connectivity index (χ4n) is 7.00. The minimum absolute atomic E-state index is 0.0320. The van der Waals surface area contributed by atoms with Crippen molar-refractivity contribution in [2.45, 2.75) is 58.5 Å². The van der Waals surface area contributed by atoms with Crippen molar-refractivity contribution in [3.05, 3.63) is 65.2 Å². The molecule has 4 aliphatic carbocycles. The highest BCUT2D eigenvalue weighted by Gasteiger charge is 2.54. The molecule has 34 heavy (non-hydrogen) atoms. The van der Waals surface area contributed by atoms with Crippen LogP contribution >= 0.6 is 0 Å². The Kier molecular flexibility index (Phi) is 6.37. The third-order valence-electron chi connectivity index (χ3n) is 8.20. The Labute approximate surface area is 202 Å². The van der Waals surface area contributed by atoms with Crippen molar-refractivity contribution in [3.63, 3.8) is 0 Å². The number of carbonyl (C=O) groups excluding carboxylic acids is 2. The van der Waals surface area contributed by atoms with Gasteiger partial charge in [-0.3, -0.25) is 9.59 Å². The van der Waals surface area contributed by atoms with Crippen LogP contribution in [-0.2, 0) is 17.9 Å². The van der Waals surface area contributed by atoms with Crippen LogP contribution in [0.2, 0.25) is 0 Å². The summed E-state index contributed by atoms with van der Waals surface area (Å²) in [4.78, 5) is 27.9. The molecule has 0 unspecified atom stereocenters. The number of para-hydroxylation sites is 1. The van der Waals surface area contributed by atoms with Gasteiger partial charge in [0.15, 0.2) is 0 Å². The summed E-state index contributed by atoms with van der Waals surface area (Å²) in [5.41, 5.74) is 2.54. The van der Waals surface area contributed by atoms with Gasteiger partial charge in [-0.05, 0) is 87.0 Å². The molecule has 2 aromatic carbocycles. The molecule has 5 heteroatoms. The fraction of sp³-hybridized carbons (Fsp3) is 0.517. The minimum atomic E-state index is -0.120. The normalized spacial score (nSPS) is 26.8. The van der Waals surface area contributed by atoms with Crippen LogP contribution in [0.15, 0.2) is 48.5 Å².